The molecule has 2 saturated heterocycles. The van der Waals surface area contributed by atoms with Crippen molar-refractivity contribution in [2.24, 2.45) is 0 Å². The van der Waals surface area contributed by atoms with Gasteiger partial charge in [0.1, 0.15) is 5.69 Å². The minimum atomic E-state index is 0.0964. The third kappa shape index (κ3) is 2.48. The maximum atomic E-state index is 12.4. The molecule has 1 aromatic heterocycles. The van der Waals surface area contributed by atoms with Crippen LogP contribution in [0, 0.1) is 0 Å². The normalized spacial score (nSPS) is 27.7. The number of H-pyrrole nitrogens is 1. The van der Waals surface area contributed by atoms with Gasteiger partial charge in [-0.05, 0) is 45.2 Å². The van der Waals surface area contributed by atoms with E-state index in [9.17, 15) is 4.79 Å². The summed E-state index contributed by atoms with van der Waals surface area (Å²) in [5, 5.41) is 7.23. The molecule has 1 amide bonds. The van der Waals surface area contributed by atoms with E-state index in [1.807, 2.05) is 11.0 Å². The van der Waals surface area contributed by atoms with E-state index in [-0.39, 0.29) is 5.91 Å². The summed E-state index contributed by atoms with van der Waals surface area (Å²) in [4.78, 5) is 17.0. The zero-order chi connectivity index (χ0) is 14.4. The molecule has 0 radical (unpaired) electrons. The van der Waals surface area contributed by atoms with Crippen molar-refractivity contribution in [2.45, 2.75) is 57.0 Å². The van der Waals surface area contributed by atoms with Crippen molar-refractivity contribution in [3.05, 3.63) is 17.5 Å². The fourth-order valence-corrected chi connectivity index (χ4v) is 3.71. The second kappa shape index (κ2) is 5.13. The molecule has 3 aliphatic rings. The molecule has 0 bridgehead atoms. The average Bonchev–Trinajstić information content (AvgIpc) is 3.17. The molecule has 1 saturated carbocycles. The van der Waals surface area contributed by atoms with Crippen molar-refractivity contribution in [3.63, 3.8) is 0 Å². The number of carbonyl (C=O) groups is 1. The Labute approximate surface area is 125 Å². The molecule has 114 valence electrons. The fraction of sp³-hybridized carbons (Fsp3) is 0.750. The maximum Gasteiger partial charge on any atom is 0.274 e. The van der Waals surface area contributed by atoms with E-state index in [1.165, 1.54) is 38.6 Å². The first-order valence-electron chi connectivity index (χ1n) is 8.32. The molecule has 0 aromatic carbocycles. The van der Waals surface area contributed by atoms with Crippen molar-refractivity contribution >= 4 is 5.91 Å². The van der Waals surface area contributed by atoms with E-state index in [2.05, 4.69) is 22.0 Å². The van der Waals surface area contributed by atoms with Crippen LogP contribution in [0.2, 0.25) is 0 Å². The molecular weight excluding hydrogens is 264 g/mol. The number of aromatic nitrogens is 2. The highest BCUT2D eigenvalue weighted by Crippen LogP contribution is 2.39. The van der Waals surface area contributed by atoms with Gasteiger partial charge in [-0.1, -0.05) is 6.42 Å². The van der Waals surface area contributed by atoms with Crippen LogP contribution in [0.15, 0.2) is 6.07 Å². The predicted octanol–water partition coefficient (Wildman–Crippen LogP) is 1.99. The van der Waals surface area contributed by atoms with Crippen LogP contribution in [0.4, 0.5) is 0 Å². The molecule has 5 heteroatoms. The molecule has 4 rings (SSSR count). The predicted molar refractivity (Wildman–Crippen MR) is 80.3 cm³/mol. The summed E-state index contributed by atoms with van der Waals surface area (Å²) < 4.78 is 0. The molecule has 0 spiro atoms. The van der Waals surface area contributed by atoms with Crippen LogP contribution in [0.25, 0.3) is 0 Å². The summed E-state index contributed by atoms with van der Waals surface area (Å²) in [5.74, 6) is 0.719. The topological polar surface area (TPSA) is 52.2 Å². The molecule has 2 aliphatic heterocycles. The molecule has 1 N–H and O–H groups in total. The lowest BCUT2D eigenvalue weighted by Crippen LogP contribution is -2.63. The largest absolute Gasteiger partial charge is 0.334 e. The number of nitrogens with one attached hydrogen (secondary N) is 1. The second-order valence-corrected chi connectivity index (χ2v) is 6.93. The Morgan fingerprint density at radius 3 is 2.81 bits per heavy atom. The molecule has 1 atom stereocenters. The summed E-state index contributed by atoms with van der Waals surface area (Å²) in [7, 11) is 0. The molecule has 3 heterocycles. The molecule has 1 aromatic rings. The fourth-order valence-electron chi connectivity index (χ4n) is 3.71. The first kappa shape index (κ1) is 13.3. The van der Waals surface area contributed by atoms with Gasteiger partial charge in [-0.2, -0.15) is 5.10 Å². The summed E-state index contributed by atoms with van der Waals surface area (Å²) >= 11 is 0. The monoisotopic (exact) mass is 288 g/mol. The number of likely N-dealkylation sites (tertiary alicyclic amines) is 2. The highest BCUT2D eigenvalue weighted by molar-refractivity contribution is 5.93. The zero-order valence-corrected chi connectivity index (χ0v) is 12.7. The number of aromatic amines is 1. The molecular formula is C16H24N4O. The quantitative estimate of drug-likeness (QED) is 0.925. The average molecular weight is 288 g/mol. The van der Waals surface area contributed by atoms with Gasteiger partial charge in [0, 0.05) is 36.8 Å². The van der Waals surface area contributed by atoms with E-state index >= 15 is 0 Å². The summed E-state index contributed by atoms with van der Waals surface area (Å²) in [6.45, 7) is 5.25. The number of hydrogen-bond donors (Lipinski definition) is 1. The lowest BCUT2D eigenvalue weighted by molar-refractivity contribution is 0.00181. The number of hydrogen-bond acceptors (Lipinski definition) is 3. The van der Waals surface area contributed by atoms with Gasteiger partial charge in [0.25, 0.3) is 5.91 Å². The van der Waals surface area contributed by atoms with Crippen LogP contribution < -0.4 is 0 Å². The van der Waals surface area contributed by atoms with E-state index in [0.717, 1.165) is 18.8 Å². The van der Waals surface area contributed by atoms with Crippen LogP contribution in [0.3, 0.4) is 0 Å². The number of nitrogens with zero attached hydrogens (tertiary/aromatic N) is 3. The number of amides is 1. The van der Waals surface area contributed by atoms with E-state index in [4.69, 9.17) is 0 Å². The van der Waals surface area contributed by atoms with Crippen molar-refractivity contribution in [1.29, 1.82) is 0 Å². The number of piperidine rings is 1. The Hall–Kier alpha value is -1.36. The highest BCUT2D eigenvalue weighted by Gasteiger charge is 2.38. The third-order valence-electron chi connectivity index (χ3n) is 5.31. The number of carbonyl (C=O) groups excluding carboxylic acids is 1. The maximum absolute atomic E-state index is 12.4. The van der Waals surface area contributed by atoms with Crippen LogP contribution in [0.5, 0.6) is 0 Å². The van der Waals surface area contributed by atoms with Gasteiger partial charge in [0.2, 0.25) is 0 Å². The molecule has 1 aliphatic carbocycles. The Kier molecular flexibility index (Phi) is 3.25. The molecule has 1 unspecified atom stereocenters. The van der Waals surface area contributed by atoms with Crippen molar-refractivity contribution in [3.8, 4) is 0 Å². The minimum Gasteiger partial charge on any atom is -0.334 e. The van der Waals surface area contributed by atoms with E-state index in [1.54, 1.807) is 0 Å². The highest BCUT2D eigenvalue weighted by atomic mass is 16.2. The standard InChI is InChI=1S/C16H24N4O/c1-11-4-2-3-7-20(11)13-9-19(10-13)16(21)15-8-14(17-18-15)12-5-6-12/h8,11-13H,2-7,9-10H2,1H3,(H,17,18). The van der Waals surface area contributed by atoms with Crippen molar-refractivity contribution < 1.29 is 4.79 Å². The van der Waals surface area contributed by atoms with Gasteiger partial charge in [-0.15, -0.1) is 0 Å². The SMILES string of the molecule is CC1CCCCN1C1CN(C(=O)c2cc(C3CC3)[nH]n2)C1. The van der Waals surface area contributed by atoms with Gasteiger partial charge < -0.3 is 4.90 Å². The van der Waals surface area contributed by atoms with Crippen LogP contribution in [-0.2, 0) is 0 Å². The van der Waals surface area contributed by atoms with Crippen molar-refractivity contribution in [2.75, 3.05) is 19.6 Å². The van der Waals surface area contributed by atoms with Crippen LogP contribution in [0.1, 0.15) is 61.1 Å². The molecule has 5 nitrogen and oxygen atoms in total. The van der Waals surface area contributed by atoms with Crippen molar-refractivity contribution in [1.82, 2.24) is 20.0 Å². The Bertz CT molecular complexity index is 530. The smallest absolute Gasteiger partial charge is 0.274 e. The Morgan fingerprint density at radius 2 is 2.10 bits per heavy atom. The van der Waals surface area contributed by atoms with E-state index < -0.39 is 0 Å². The summed E-state index contributed by atoms with van der Waals surface area (Å²) in [6.07, 6.45) is 6.42. The van der Waals surface area contributed by atoms with Gasteiger partial charge in [0.05, 0.1) is 0 Å². The van der Waals surface area contributed by atoms with Gasteiger partial charge in [-0.25, -0.2) is 0 Å². The third-order valence-corrected chi connectivity index (χ3v) is 5.31. The first-order chi connectivity index (χ1) is 10.2. The van der Waals surface area contributed by atoms with Gasteiger partial charge in [0.15, 0.2) is 0 Å². The Balaban J connectivity index is 1.34. The van der Waals surface area contributed by atoms with Gasteiger partial charge in [-0.3, -0.25) is 14.8 Å². The Morgan fingerprint density at radius 1 is 1.29 bits per heavy atom. The lowest BCUT2D eigenvalue weighted by Gasteiger charge is -2.49. The number of rotatable bonds is 3. The minimum absolute atomic E-state index is 0.0964. The summed E-state index contributed by atoms with van der Waals surface area (Å²) in [5.41, 5.74) is 1.74. The lowest BCUT2D eigenvalue weighted by atomic mass is 9.97. The van der Waals surface area contributed by atoms with E-state index in [0.29, 0.717) is 23.7 Å². The zero-order valence-electron chi connectivity index (χ0n) is 12.7. The molecule has 3 fully saturated rings. The van der Waals surface area contributed by atoms with Crippen LogP contribution >= 0.6 is 0 Å². The van der Waals surface area contributed by atoms with Crippen LogP contribution in [-0.4, -0.2) is 57.6 Å². The first-order valence-corrected chi connectivity index (χ1v) is 8.32. The summed E-state index contributed by atoms with van der Waals surface area (Å²) in [6, 6.07) is 3.19. The second-order valence-electron chi connectivity index (χ2n) is 6.93. The van der Waals surface area contributed by atoms with Gasteiger partial charge >= 0.3 is 0 Å². The molecule has 21 heavy (non-hydrogen) atoms.